The number of hydrogen-bond acceptors (Lipinski definition) is 4. The number of hydrogen-bond donors (Lipinski definition) is 0. The molecular formula is C20H25FN2O3S. The second kappa shape index (κ2) is 7.48. The lowest BCUT2D eigenvalue weighted by atomic mass is 10.0. The molecule has 5 nitrogen and oxygen atoms in total. The average Bonchev–Trinajstić information content (AvgIpc) is 2.61. The molecule has 1 heterocycles. The normalized spacial score (nSPS) is 15.8. The Balaban J connectivity index is 1.79. The summed E-state index contributed by atoms with van der Waals surface area (Å²) < 4.78 is 45.8. The number of benzene rings is 2. The van der Waals surface area contributed by atoms with Gasteiger partial charge in [0.25, 0.3) is 0 Å². The summed E-state index contributed by atoms with van der Waals surface area (Å²) in [5.41, 5.74) is 4.81. The van der Waals surface area contributed by atoms with E-state index in [-0.39, 0.29) is 10.6 Å². The van der Waals surface area contributed by atoms with Crippen molar-refractivity contribution in [3.05, 3.63) is 52.8 Å². The molecule has 1 fully saturated rings. The van der Waals surface area contributed by atoms with E-state index in [4.69, 9.17) is 4.74 Å². The molecule has 1 aliphatic rings. The molecule has 0 aliphatic carbocycles. The van der Waals surface area contributed by atoms with Gasteiger partial charge in [0.1, 0.15) is 0 Å². The van der Waals surface area contributed by atoms with Crippen LogP contribution in [0.15, 0.2) is 35.2 Å². The van der Waals surface area contributed by atoms with Gasteiger partial charge >= 0.3 is 0 Å². The standard InChI is InChI=1S/C20H25FN2O3S/c1-14-11-15(2)20(16(3)12-14)22-7-9-23(10-8-22)27(24,25)17-5-6-18(21)19(13-17)26-4/h5-6,11-13H,7-10H2,1-4H3. The molecule has 3 rings (SSSR count). The molecule has 0 saturated carbocycles. The Morgan fingerprint density at radius 2 is 1.56 bits per heavy atom. The number of anilines is 1. The van der Waals surface area contributed by atoms with Crippen LogP contribution in [0, 0.1) is 26.6 Å². The van der Waals surface area contributed by atoms with Crippen molar-refractivity contribution in [3.8, 4) is 5.75 Å². The Bertz CT molecular complexity index is 929. The molecule has 0 spiro atoms. The number of rotatable bonds is 4. The molecule has 1 aliphatic heterocycles. The maximum absolute atomic E-state index is 13.6. The number of nitrogens with zero attached hydrogens (tertiary/aromatic N) is 2. The monoisotopic (exact) mass is 392 g/mol. The zero-order valence-electron chi connectivity index (χ0n) is 16.1. The van der Waals surface area contributed by atoms with E-state index in [2.05, 4.69) is 37.8 Å². The lowest BCUT2D eigenvalue weighted by Crippen LogP contribution is -2.49. The van der Waals surface area contributed by atoms with Crippen molar-refractivity contribution in [2.24, 2.45) is 0 Å². The maximum atomic E-state index is 13.6. The van der Waals surface area contributed by atoms with Crippen molar-refractivity contribution < 1.29 is 17.5 Å². The van der Waals surface area contributed by atoms with Gasteiger partial charge in [-0.05, 0) is 44.0 Å². The molecule has 2 aromatic rings. The van der Waals surface area contributed by atoms with E-state index in [0.29, 0.717) is 26.2 Å². The molecule has 0 amide bonds. The maximum Gasteiger partial charge on any atom is 0.243 e. The first-order valence-electron chi connectivity index (χ1n) is 8.90. The summed E-state index contributed by atoms with van der Waals surface area (Å²) in [4.78, 5) is 2.29. The van der Waals surface area contributed by atoms with Crippen molar-refractivity contribution >= 4 is 15.7 Å². The largest absolute Gasteiger partial charge is 0.494 e. The van der Waals surface area contributed by atoms with Crippen LogP contribution in [0.5, 0.6) is 5.75 Å². The fourth-order valence-electron chi connectivity index (χ4n) is 3.77. The molecular weight excluding hydrogens is 367 g/mol. The third kappa shape index (κ3) is 3.80. The Labute approximate surface area is 160 Å². The molecule has 0 bridgehead atoms. The lowest BCUT2D eigenvalue weighted by Gasteiger charge is -2.37. The van der Waals surface area contributed by atoms with Crippen LogP contribution in [-0.4, -0.2) is 46.0 Å². The topological polar surface area (TPSA) is 49.9 Å². The Morgan fingerprint density at radius 3 is 2.11 bits per heavy atom. The summed E-state index contributed by atoms with van der Waals surface area (Å²) in [7, 11) is -2.36. The van der Waals surface area contributed by atoms with Gasteiger partial charge in [-0.2, -0.15) is 4.31 Å². The lowest BCUT2D eigenvalue weighted by molar-refractivity contribution is 0.378. The fraction of sp³-hybridized carbons (Fsp3) is 0.400. The van der Waals surface area contributed by atoms with Gasteiger partial charge in [0.15, 0.2) is 11.6 Å². The molecule has 7 heteroatoms. The smallest absolute Gasteiger partial charge is 0.243 e. The number of aryl methyl sites for hydroxylation is 3. The predicted molar refractivity (Wildman–Crippen MR) is 105 cm³/mol. The second-order valence-corrected chi connectivity index (χ2v) is 8.87. The number of piperazine rings is 1. The van der Waals surface area contributed by atoms with Gasteiger partial charge in [0.05, 0.1) is 12.0 Å². The summed E-state index contributed by atoms with van der Waals surface area (Å²) in [6.45, 7) is 8.24. The minimum absolute atomic E-state index is 0.0527. The van der Waals surface area contributed by atoms with E-state index in [1.165, 1.54) is 45.9 Å². The average molecular weight is 392 g/mol. The highest BCUT2D eigenvalue weighted by Gasteiger charge is 2.30. The van der Waals surface area contributed by atoms with E-state index < -0.39 is 15.8 Å². The summed E-state index contributed by atoms with van der Waals surface area (Å²) >= 11 is 0. The molecule has 0 aromatic heterocycles. The van der Waals surface area contributed by atoms with Crippen molar-refractivity contribution in [1.82, 2.24) is 4.31 Å². The molecule has 0 unspecified atom stereocenters. The van der Waals surface area contributed by atoms with E-state index in [1.807, 2.05) is 0 Å². The van der Waals surface area contributed by atoms with Gasteiger partial charge in [-0.1, -0.05) is 17.7 Å². The Morgan fingerprint density at radius 1 is 0.963 bits per heavy atom. The van der Waals surface area contributed by atoms with Gasteiger partial charge in [0, 0.05) is 37.9 Å². The Hall–Kier alpha value is -2.12. The molecule has 27 heavy (non-hydrogen) atoms. The summed E-state index contributed by atoms with van der Waals surface area (Å²) in [5, 5.41) is 0. The first kappa shape index (κ1) is 19.6. The third-order valence-corrected chi connectivity index (χ3v) is 6.85. The summed E-state index contributed by atoms with van der Waals surface area (Å²) in [5.74, 6) is -0.646. The van der Waals surface area contributed by atoms with Gasteiger partial charge in [0.2, 0.25) is 10.0 Å². The second-order valence-electron chi connectivity index (χ2n) is 6.93. The van der Waals surface area contributed by atoms with Crippen molar-refractivity contribution in [1.29, 1.82) is 0 Å². The highest BCUT2D eigenvalue weighted by atomic mass is 32.2. The Kier molecular flexibility index (Phi) is 5.44. The van der Waals surface area contributed by atoms with Crippen LogP contribution in [0.2, 0.25) is 0 Å². The van der Waals surface area contributed by atoms with Crippen LogP contribution < -0.4 is 9.64 Å². The number of methoxy groups -OCH3 is 1. The summed E-state index contributed by atoms with van der Waals surface area (Å²) in [6.07, 6.45) is 0. The van der Waals surface area contributed by atoms with Crippen LogP contribution in [0.4, 0.5) is 10.1 Å². The number of sulfonamides is 1. The van der Waals surface area contributed by atoms with Gasteiger partial charge in [-0.15, -0.1) is 0 Å². The first-order valence-corrected chi connectivity index (χ1v) is 10.3. The number of halogens is 1. The van der Waals surface area contributed by atoms with E-state index in [1.54, 1.807) is 0 Å². The first-order chi connectivity index (χ1) is 12.7. The van der Waals surface area contributed by atoms with Crippen molar-refractivity contribution in [2.75, 3.05) is 38.2 Å². The van der Waals surface area contributed by atoms with Crippen LogP contribution in [0.3, 0.4) is 0 Å². The van der Waals surface area contributed by atoms with E-state index in [9.17, 15) is 12.8 Å². The molecule has 0 radical (unpaired) electrons. The SMILES string of the molecule is COc1cc(S(=O)(=O)N2CCN(c3c(C)cc(C)cc3C)CC2)ccc1F. The highest BCUT2D eigenvalue weighted by molar-refractivity contribution is 7.89. The predicted octanol–water partition coefficient (Wildman–Crippen LogP) is 3.27. The van der Waals surface area contributed by atoms with Gasteiger partial charge in [-0.25, -0.2) is 12.8 Å². The van der Waals surface area contributed by atoms with Crippen LogP contribution in [0.1, 0.15) is 16.7 Å². The molecule has 0 atom stereocenters. The van der Waals surface area contributed by atoms with Crippen molar-refractivity contribution in [2.45, 2.75) is 25.7 Å². The minimum Gasteiger partial charge on any atom is -0.494 e. The number of ether oxygens (including phenoxy) is 1. The highest BCUT2D eigenvalue weighted by Crippen LogP contribution is 2.29. The zero-order chi connectivity index (χ0) is 19.8. The molecule has 146 valence electrons. The van der Waals surface area contributed by atoms with Crippen LogP contribution >= 0.6 is 0 Å². The van der Waals surface area contributed by atoms with Gasteiger partial charge < -0.3 is 9.64 Å². The van der Waals surface area contributed by atoms with Crippen LogP contribution in [0.25, 0.3) is 0 Å². The molecule has 2 aromatic carbocycles. The third-order valence-electron chi connectivity index (χ3n) is 4.95. The quantitative estimate of drug-likeness (QED) is 0.801. The van der Waals surface area contributed by atoms with E-state index in [0.717, 1.165) is 6.07 Å². The zero-order valence-corrected chi connectivity index (χ0v) is 16.9. The van der Waals surface area contributed by atoms with E-state index >= 15 is 0 Å². The summed E-state index contributed by atoms with van der Waals surface area (Å²) in [6, 6.07) is 7.95. The molecule has 1 saturated heterocycles. The fourth-order valence-corrected chi connectivity index (χ4v) is 5.21. The molecule has 0 N–H and O–H groups in total. The minimum atomic E-state index is -3.68. The van der Waals surface area contributed by atoms with Crippen molar-refractivity contribution in [3.63, 3.8) is 0 Å². The van der Waals surface area contributed by atoms with Crippen LogP contribution in [-0.2, 0) is 10.0 Å². The van der Waals surface area contributed by atoms with Gasteiger partial charge in [-0.3, -0.25) is 0 Å².